The lowest BCUT2D eigenvalue weighted by atomic mass is 9.81. The zero-order valence-electron chi connectivity index (χ0n) is 10.3. The zero-order valence-corrected chi connectivity index (χ0v) is 11.9. The quantitative estimate of drug-likeness (QED) is 0.914. The van der Waals surface area contributed by atoms with Crippen molar-refractivity contribution in [1.29, 1.82) is 0 Å². The second kappa shape index (κ2) is 5.87. The lowest BCUT2D eigenvalue weighted by Gasteiger charge is -2.28. The summed E-state index contributed by atoms with van der Waals surface area (Å²) in [5, 5.41) is 0. The second-order valence-electron chi connectivity index (χ2n) is 4.82. The Morgan fingerprint density at radius 3 is 2.59 bits per heavy atom. The molecule has 17 heavy (non-hydrogen) atoms. The molecule has 0 aromatic heterocycles. The van der Waals surface area contributed by atoms with E-state index in [9.17, 15) is 0 Å². The summed E-state index contributed by atoms with van der Waals surface area (Å²) in [5.74, 6) is 1.51. The highest BCUT2D eigenvalue weighted by molar-refractivity contribution is 9.10. The van der Waals surface area contributed by atoms with E-state index < -0.39 is 0 Å². The molecule has 1 fully saturated rings. The Labute approximate surface area is 112 Å². The van der Waals surface area contributed by atoms with Crippen molar-refractivity contribution in [3.63, 3.8) is 0 Å². The third-order valence-corrected chi connectivity index (χ3v) is 4.34. The van der Waals surface area contributed by atoms with Gasteiger partial charge in [0, 0.05) is 6.04 Å². The molecular formula is C14H20BrNO. The van der Waals surface area contributed by atoms with E-state index >= 15 is 0 Å². The minimum Gasteiger partial charge on any atom is -0.496 e. The second-order valence-corrected chi connectivity index (χ2v) is 5.67. The summed E-state index contributed by atoms with van der Waals surface area (Å²) < 4.78 is 6.23. The maximum Gasteiger partial charge on any atom is 0.133 e. The van der Waals surface area contributed by atoms with Crippen molar-refractivity contribution in [3.05, 3.63) is 28.2 Å². The summed E-state index contributed by atoms with van der Waals surface area (Å²) in [6.45, 7) is 0. The summed E-state index contributed by atoms with van der Waals surface area (Å²) >= 11 is 3.52. The predicted molar refractivity (Wildman–Crippen MR) is 74.2 cm³/mol. The standard InChI is InChI=1S/C14H20BrNO/c1-17-13-8-7-11(9-12(13)15)14(16)10-5-3-2-4-6-10/h7-10,14H,2-6,16H2,1H3. The summed E-state index contributed by atoms with van der Waals surface area (Å²) in [5.41, 5.74) is 7.58. The molecule has 1 aliphatic rings. The third-order valence-electron chi connectivity index (χ3n) is 3.72. The molecule has 1 aliphatic carbocycles. The first-order valence-electron chi connectivity index (χ1n) is 6.31. The van der Waals surface area contributed by atoms with E-state index in [-0.39, 0.29) is 6.04 Å². The third kappa shape index (κ3) is 3.02. The summed E-state index contributed by atoms with van der Waals surface area (Å²) in [7, 11) is 1.68. The highest BCUT2D eigenvalue weighted by atomic mass is 79.9. The molecule has 0 aliphatic heterocycles. The Hall–Kier alpha value is -0.540. The van der Waals surface area contributed by atoms with E-state index in [1.54, 1.807) is 7.11 Å². The molecule has 1 aromatic rings. The molecule has 1 saturated carbocycles. The highest BCUT2D eigenvalue weighted by Crippen LogP contribution is 2.35. The van der Waals surface area contributed by atoms with E-state index in [0.717, 1.165) is 10.2 Å². The summed E-state index contributed by atoms with van der Waals surface area (Å²) in [4.78, 5) is 0. The van der Waals surface area contributed by atoms with Gasteiger partial charge in [-0.25, -0.2) is 0 Å². The average molecular weight is 298 g/mol. The first-order chi connectivity index (χ1) is 8.22. The average Bonchev–Trinajstić information content (AvgIpc) is 2.39. The number of hydrogen-bond acceptors (Lipinski definition) is 2. The normalized spacial score (nSPS) is 19.0. The SMILES string of the molecule is COc1ccc(C(N)C2CCCCC2)cc1Br. The molecule has 1 aromatic carbocycles. The highest BCUT2D eigenvalue weighted by Gasteiger charge is 2.22. The maximum atomic E-state index is 6.37. The van der Waals surface area contributed by atoms with Crippen molar-refractivity contribution < 1.29 is 4.74 Å². The summed E-state index contributed by atoms with van der Waals surface area (Å²) in [6.07, 6.45) is 6.57. The predicted octanol–water partition coefficient (Wildman–Crippen LogP) is 4.04. The van der Waals surface area contributed by atoms with Gasteiger partial charge in [-0.15, -0.1) is 0 Å². The van der Waals surface area contributed by atoms with Crippen LogP contribution in [0.2, 0.25) is 0 Å². The number of benzene rings is 1. The van der Waals surface area contributed by atoms with Gasteiger partial charge in [0.25, 0.3) is 0 Å². The zero-order chi connectivity index (χ0) is 12.3. The van der Waals surface area contributed by atoms with Crippen LogP contribution in [-0.2, 0) is 0 Å². The van der Waals surface area contributed by atoms with Crippen molar-refractivity contribution in [3.8, 4) is 5.75 Å². The lowest BCUT2D eigenvalue weighted by molar-refractivity contribution is 0.308. The van der Waals surface area contributed by atoms with Gasteiger partial charge in [-0.1, -0.05) is 25.3 Å². The Morgan fingerprint density at radius 1 is 1.29 bits per heavy atom. The van der Waals surface area contributed by atoms with Crippen LogP contribution in [0.1, 0.15) is 43.7 Å². The fraction of sp³-hybridized carbons (Fsp3) is 0.571. The van der Waals surface area contributed by atoms with E-state index in [1.807, 2.05) is 6.07 Å². The van der Waals surface area contributed by atoms with Gasteiger partial charge in [0.1, 0.15) is 5.75 Å². The van der Waals surface area contributed by atoms with Gasteiger partial charge in [-0.3, -0.25) is 0 Å². The molecule has 0 radical (unpaired) electrons. The Kier molecular flexibility index (Phi) is 4.46. The van der Waals surface area contributed by atoms with Gasteiger partial charge in [0.05, 0.1) is 11.6 Å². The van der Waals surface area contributed by atoms with Gasteiger partial charge in [-0.05, 0) is 52.4 Å². The van der Waals surface area contributed by atoms with Crippen LogP contribution in [0.3, 0.4) is 0 Å². The minimum absolute atomic E-state index is 0.164. The molecule has 94 valence electrons. The van der Waals surface area contributed by atoms with Gasteiger partial charge >= 0.3 is 0 Å². The molecule has 2 rings (SSSR count). The van der Waals surface area contributed by atoms with E-state index in [0.29, 0.717) is 5.92 Å². The fourth-order valence-electron chi connectivity index (χ4n) is 2.66. The first-order valence-corrected chi connectivity index (χ1v) is 7.10. The molecule has 0 saturated heterocycles. The van der Waals surface area contributed by atoms with Crippen molar-refractivity contribution >= 4 is 15.9 Å². The smallest absolute Gasteiger partial charge is 0.133 e. The molecule has 0 amide bonds. The molecule has 0 bridgehead atoms. The molecule has 0 heterocycles. The number of halogens is 1. The monoisotopic (exact) mass is 297 g/mol. The fourth-order valence-corrected chi connectivity index (χ4v) is 3.21. The Balaban J connectivity index is 2.12. The van der Waals surface area contributed by atoms with Gasteiger partial charge in [-0.2, -0.15) is 0 Å². The molecule has 2 N–H and O–H groups in total. The molecule has 3 heteroatoms. The van der Waals surface area contributed by atoms with Gasteiger partial charge in [0.15, 0.2) is 0 Å². The first kappa shape index (κ1) is 12.9. The van der Waals surface area contributed by atoms with Crippen LogP contribution in [0.4, 0.5) is 0 Å². The number of ether oxygens (including phenoxy) is 1. The van der Waals surface area contributed by atoms with Gasteiger partial charge in [0.2, 0.25) is 0 Å². The van der Waals surface area contributed by atoms with Crippen LogP contribution in [0.25, 0.3) is 0 Å². The van der Waals surface area contributed by atoms with Crippen molar-refractivity contribution in [1.82, 2.24) is 0 Å². The van der Waals surface area contributed by atoms with Crippen LogP contribution >= 0.6 is 15.9 Å². The van der Waals surface area contributed by atoms with Crippen LogP contribution in [-0.4, -0.2) is 7.11 Å². The number of nitrogens with two attached hydrogens (primary N) is 1. The molecule has 1 atom stereocenters. The van der Waals surface area contributed by atoms with Gasteiger partial charge < -0.3 is 10.5 Å². The van der Waals surface area contributed by atoms with Crippen LogP contribution in [0.15, 0.2) is 22.7 Å². The number of rotatable bonds is 3. The molecular weight excluding hydrogens is 278 g/mol. The van der Waals surface area contributed by atoms with Crippen LogP contribution < -0.4 is 10.5 Å². The lowest BCUT2D eigenvalue weighted by Crippen LogP contribution is -2.23. The number of methoxy groups -OCH3 is 1. The largest absolute Gasteiger partial charge is 0.496 e. The minimum atomic E-state index is 0.164. The van der Waals surface area contributed by atoms with E-state index in [1.165, 1.54) is 37.7 Å². The Bertz CT molecular complexity index is 374. The molecule has 0 spiro atoms. The van der Waals surface area contributed by atoms with Crippen LogP contribution in [0, 0.1) is 5.92 Å². The van der Waals surface area contributed by atoms with Crippen molar-refractivity contribution in [2.75, 3.05) is 7.11 Å². The van der Waals surface area contributed by atoms with Crippen molar-refractivity contribution in [2.24, 2.45) is 11.7 Å². The van der Waals surface area contributed by atoms with E-state index in [4.69, 9.17) is 10.5 Å². The maximum absolute atomic E-state index is 6.37. The summed E-state index contributed by atoms with van der Waals surface area (Å²) in [6, 6.07) is 6.33. The topological polar surface area (TPSA) is 35.2 Å². The Morgan fingerprint density at radius 2 is 2.00 bits per heavy atom. The van der Waals surface area contributed by atoms with Crippen LogP contribution in [0.5, 0.6) is 5.75 Å². The van der Waals surface area contributed by atoms with Crippen molar-refractivity contribution in [2.45, 2.75) is 38.1 Å². The molecule has 1 unspecified atom stereocenters. The molecule has 2 nitrogen and oxygen atoms in total. The number of hydrogen-bond donors (Lipinski definition) is 1. The van der Waals surface area contributed by atoms with E-state index in [2.05, 4.69) is 28.1 Å².